The monoisotopic (exact) mass is 410 g/mol. The lowest BCUT2D eigenvalue weighted by Crippen LogP contribution is -2.26. The Kier molecular flexibility index (Phi) is 6.19. The van der Waals surface area contributed by atoms with Crippen LogP contribution in [0, 0.1) is 0 Å². The average molecular weight is 410 g/mol. The molecular weight excluding hydrogens is 388 g/mol. The van der Waals surface area contributed by atoms with E-state index in [4.69, 9.17) is 4.74 Å². The fourth-order valence-corrected chi connectivity index (χ4v) is 4.06. The van der Waals surface area contributed by atoms with Crippen molar-refractivity contribution in [3.63, 3.8) is 0 Å². The quantitative estimate of drug-likeness (QED) is 0.644. The van der Waals surface area contributed by atoms with E-state index in [1.807, 2.05) is 12.1 Å². The highest BCUT2D eigenvalue weighted by Gasteiger charge is 2.20. The summed E-state index contributed by atoms with van der Waals surface area (Å²) in [6, 6.07) is 22.3. The molecule has 29 heavy (non-hydrogen) atoms. The van der Waals surface area contributed by atoms with Crippen LogP contribution in [-0.2, 0) is 21.2 Å². The Morgan fingerprint density at radius 3 is 2.21 bits per heavy atom. The Morgan fingerprint density at radius 1 is 0.931 bits per heavy atom. The lowest BCUT2D eigenvalue weighted by Gasteiger charge is -2.19. The summed E-state index contributed by atoms with van der Waals surface area (Å²) in [5.41, 5.74) is 1.89. The Balaban J connectivity index is 1.69. The molecule has 150 valence electrons. The van der Waals surface area contributed by atoms with E-state index in [1.165, 1.54) is 11.4 Å². The molecule has 0 aliphatic carbocycles. The number of amides is 1. The number of benzene rings is 3. The van der Waals surface area contributed by atoms with Crippen molar-refractivity contribution in [2.24, 2.45) is 0 Å². The van der Waals surface area contributed by atoms with E-state index in [2.05, 4.69) is 5.32 Å². The average Bonchev–Trinajstić information content (AvgIpc) is 2.74. The summed E-state index contributed by atoms with van der Waals surface area (Å²) in [6.07, 6.45) is 0.160. The Morgan fingerprint density at radius 2 is 1.55 bits per heavy atom. The van der Waals surface area contributed by atoms with Crippen molar-refractivity contribution >= 4 is 27.3 Å². The van der Waals surface area contributed by atoms with Crippen LogP contribution in [0.1, 0.15) is 5.56 Å². The summed E-state index contributed by atoms with van der Waals surface area (Å²) in [5, 5.41) is 2.82. The molecule has 1 amide bonds. The minimum Gasteiger partial charge on any atom is -0.495 e. The maximum absolute atomic E-state index is 12.7. The lowest BCUT2D eigenvalue weighted by molar-refractivity contribution is -0.115. The number of anilines is 2. The summed E-state index contributed by atoms with van der Waals surface area (Å²) in [6.45, 7) is 0. The molecule has 0 aliphatic rings. The lowest BCUT2D eigenvalue weighted by atomic mass is 10.1. The summed E-state index contributed by atoms with van der Waals surface area (Å²) in [7, 11) is -0.585. The first kappa shape index (κ1) is 20.4. The minimum atomic E-state index is -3.64. The van der Waals surface area contributed by atoms with Crippen LogP contribution < -0.4 is 14.4 Å². The van der Waals surface area contributed by atoms with Crippen LogP contribution in [0.5, 0.6) is 5.75 Å². The Labute approximate surface area is 170 Å². The number of methoxy groups -OCH3 is 1. The smallest absolute Gasteiger partial charge is 0.264 e. The predicted molar refractivity (Wildman–Crippen MR) is 114 cm³/mol. The van der Waals surface area contributed by atoms with Crippen LogP contribution in [0.3, 0.4) is 0 Å². The molecule has 7 heteroatoms. The number of rotatable bonds is 7. The first-order valence-electron chi connectivity index (χ1n) is 8.97. The predicted octanol–water partition coefficient (Wildman–Crippen LogP) is 3.70. The van der Waals surface area contributed by atoms with E-state index >= 15 is 0 Å². The third kappa shape index (κ3) is 4.75. The second-order valence-electron chi connectivity index (χ2n) is 6.38. The number of nitrogens with zero attached hydrogens (tertiary/aromatic N) is 1. The molecule has 0 fully saturated rings. The number of nitrogens with one attached hydrogen (secondary N) is 1. The first-order valence-corrected chi connectivity index (χ1v) is 10.4. The SMILES string of the molecule is COc1ccccc1NC(=O)Cc1ccc(N(C)S(=O)(=O)c2ccccc2)cc1. The van der Waals surface area contributed by atoms with Gasteiger partial charge >= 0.3 is 0 Å². The van der Waals surface area contributed by atoms with Gasteiger partial charge in [-0.25, -0.2) is 8.42 Å². The third-order valence-corrected chi connectivity index (χ3v) is 6.25. The van der Waals surface area contributed by atoms with Crippen LogP contribution in [-0.4, -0.2) is 28.5 Å². The van der Waals surface area contributed by atoms with Crippen molar-refractivity contribution in [3.05, 3.63) is 84.4 Å². The number of hydrogen-bond donors (Lipinski definition) is 1. The molecule has 0 radical (unpaired) electrons. The Bertz CT molecular complexity index is 1080. The van der Waals surface area contributed by atoms with Crippen molar-refractivity contribution in [2.45, 2.75) is 11.3 Å². The van der Waals surface area contributed by atoms with E-state index in [0.717, 1.165) is 5.56 Å². The zero-order valence-corrected chi connectivity index (χ0v) is 17.0. The maximum Gasteiger partial charge on any atom is 0.264 e. The number of para-hydroxylation sites is 2. The molecule has 0 saturated carbocycles. The molecule has 0 spiro atoms. The van der Waals surface area contributed by atoms with Gasteiger partial charge in [0, 0.05) is 7.05 Å². The van der Waals surface area contributed by atoms with Gasteiger partial charge in [0.2, 0.25) is 5.91 Å². The van der Waals surface area contributed by atoms with Crippen LogP contribution in [0.2, 0.25) is 0 Å². The van der Waals surface area contributed by atoms with Gasteiger partial charge in [-0.05, 0) is 42.0 Å². The number of hydrogen-bond acceptors (Lipinski definition) is 4. The molecule has 1 N–H and O–H groups in total. The molecule has 0 aromatic heterocycles. The summed E-state index contributed by atoms with van der Waals surface area (Å²) < 4.78 is 31.9. The minimum absolute atomic E-state index is 0.160. The first-order chi connectivity index (χ1) is 13.9. The van der Waals surface area contributed by atoms with E-state index in [1.54, 1.807) is 73.8 Å². The van der Waals surface area contributed by atoms with Crippen LogP contribution in [0.15, 0.2) is 83.8 Å². The van der Waals surface area contributed by atoms with Gasteiger partial charge in [0.1, 0.15) is 5.75 Å². The molecule has 0 aliphatic heterocycles. The highest BCUT2D eigenvalue weighted by molar-refractivity contribution is 7.92. The van der Waals surface area contributed by atoms with Gasteiger partial charge in [-0.15, -0.1) is 0 Å². The fraction of sp³-hybridized carbons (Fsp3) is 0.136. The summed E-state index contributed by atoms with van der Waals surface area (Å²) >= 11 is 0. The Hall–Kier alpha value is -3.32. The molecule has 0 heterocycles. The number of sulfonamides is 1. The van der Waals surface area contributed by atoms with E-state index in [9.17, 15) is 13.2 Å². The van der Waals surface area contributed by atoms with Gasteiger partial charge in [0.25, 0.3) is 10.0 Å². The molecule has 3 aromatic carbocycles. The van der Waals surface area contributed by atoms with Gasteiger partial charge in [0.15, 0.2) is 0 Å². The number of carbonyl (C=O) groups excluding carboxylic acids is 1. The molecule has 3 aromatic rings. The highest BCUT2D eigenvalue weighted by Crippen LogP contribution is 2.24. The van der Waals surface area contributed by atoms with E-state index in [0.29, 0.717) is 17.1 Å². The van der Waals surface area contributed by atoms with Crippen LogP contribution in [0.4, 0.5) is 11.4 Å². The maximum atomic E-state index is 12.7. The van der Waals surface area contributed by atoms with E-state index < -0.39 is 10.0 Å². The molecule has 0 saturated heterocycles. The molecule has 0 bridgehead atoms. The molecule has 0 atom stereocenters. The normalized spacial score (nSPS) is 11.0. The molecule has 6 nitrogen and oxygen atoms in total. The van der Waals surface area contributed by atoms with Crippen molar-refractivity contribution in [1.29, 1.82) is 0 Å². The molecule has 3 rings (SSSR count). The van der Waals surface area contributed by atoms with Gasteiger partial charge in [0.05, 0.1) is 29.8 Å². The second kappa shape index (κ2) is 8.79. The number of ether oxygens (including phenoxy) is 1. The molecule has 0 unspecified atom stereocenters. The van der Waals surface area contributed by atoms with Gasteiger partial charge in [-0.2, -0.15) is 0 Å². The largest absolute Gasteiger partial charge is 0.495 e. The van der Waals surface area contributed by atoms with Crippen LogP contribution in [0.25, 0.3) is 0 Å². The van der Waals surface area contributed by atoms with Crippen molar-refractivity contribution in [1.82, 2.24) is 0 Å². The number of carbonyl (C=O) groups is 1. The van der Waals surface area contributed by atoms with Crippen molar-refractivity contribution in [3.8, 4) is 5.75 Å². The van der Waals surface area contributed by atoms with Crippen molar-refractivity contribution in [2.75, 3.05) is 23.8 Å². The van der Waals surface area contributed by atoms with Gasteiger partial charge in [-0.1, -0.05) is 42.5 Å². The van der Waals surface area contributed by atoms with Crippen molar-refractivity contribution < 1.29 is 17.9 Å². The topological polar surface area (TPSA) is 75.7 Å². The highest BCUT2D eigenvalue weighted by atomic mass is 32.2. The zero-order valence-electron chi connectivity index (χ0n) is 16.2. The standard InChI is InChI=1S/C22H22N2O4S/c1-24(29(26,27)19-8-4-3-5-9-19)18-14-12-17(13-15-18)16-22(25)23-20-10-6-7-11-21(20)28-2/h3-15H,16H2,1-2H3,(H,23,25). The fourth-order valence-electron chi connectivity index (χ4n) is 2.84. The third-order valence-electron chi connectivity index (χ3n) is 4.45. The van der Waals surface area contributed by atoms with Gasteiger partial charge in [-0.3, -0.25) is 9.10 Å². The summed E-state index contributed by atoms with van der Waals surface area (Å²) in [5.74, 6) is 0.399. The molecular formula is C22H22N2O4S. The van der Waals surface area contributed by atoms with Crippen LogP contribution >= 0.6 is 0 Å². The summed E-state index contributed by atoms with van der Waals surface area (Å²) in [4.78, 5) is 12.6. The zero-order chi connectivity index (χ0) is 20.9. The van der Waals surface area contributed by atoms with E-state index in [-0.39, 0.29) is 17.2 Å². The second-order valence-corrected chi connectivity index (χ2v) is 8.35. The van der Waals surface area contributed by atoms with Gasteiger partial charge < -0.3 is 10.1 Å².